The number of nitrogens with zero attached hydrogens (tertiary/aromatic N) is 2. The van der Waals surface area contributed by atoms with Crippen LogP contribution >= 0.6 is 0 Å². The van der Waals surface area contributed by atoms with Crippen molar-refractivity contribution in [3.63, 3.8) is 0 Å². The van der Waals surface area contributed by atoms with Crippen LogP contribution in [0, 0.1) is 0 Å². The van der Waals surface area contributed by atoms with Crippen LogP contribution in [0.3, 0.4) is 0 Å². The molecule has 2 heterocycles. The molecule has 0 atom stereocenters. The van der Waals surface area contributed by atoms with Crippen molar-refractivity contribution >= 4 is 23.0 Å². The number of ether oxygens (including phenoxy) is 2. The normalized spacial score (nSPS) is 14.1. The Morgan fingerprint density at radius 1 is 0.607 bits per heavy atom. The maximum atomic E-state index is 5.73. The lowest BCUT2D eigenvalue weighted by atomic mass is 10.3. The Balaban J connectivity index is 1.71. The first kappa shape index (κ1) is 17.4. The fraction of sp³-hybridized carbons (Fsp3) is 0. The molecule has 28 heavy (non-hydrogen) atoms. The topological polar surface area (TPSA) is 68.3 Å². The summed E-state index contributed by atoms with van der Waals surface area (Å²) in [5, 5.41) is 6.54. The highest BCUT2D eigenvalue weighted by Crippen LogP contribution is 2.30. The molecular weight excluding hydrogens is 352 g/mol. The lowest BCUT2D eigenvalue weighted by molar-refractivity contribution is 0.483. The van der Waals surface area contributed by atoms with Gasteiger partial charge in [0.25, 0.3) is 0 Å². The maximum Gasteiger partial charge on any atom is 0.149 e. The Kier molecular flexibility index (Phi) is 5.30. The van der Waals surface area contributed by atoms with Gasteiger partial charge < -0.3 is 20.1 Å². The number of hydrogen-bond acceptors (Lipinski definition) is 6. The molecule has 0 fully saturated rings. The van der Waals surface area contributed by atoms with Crippen molar-refractivity contribution in [1.29, 1.82) is 0 Å². The van der Waals surface area contributed by atoms with Crippen molar-refractivity contribution in [1.82, 2.24) is 9.97 Å². The number of rotatable bonds is 0. The summed E-state index contributed by atoms with van der Waals surface area (Å²) in [5.74, 6) is 2.66. The third-order valence-electron chi connectivity index (χ3n) is 3.85. The molecule has 4 rings (SSSR count). The van der Waals surface area contributed by atoms with Crippen molar-refractivity contribution in [2.75, 3.05) is 10.6 Å². The minimum Gasteiger partial charge on any atom is -0.463 e. The first-order valence-electron chi connectivity index (χ1n) is 8.74. The molecule has 2 bridgehead atoms. The predicted octanol–water partition coefficient (Wildman–Crippen LogP) is 5.32. The monoisotopic (exact) mass is 370 g/mol. The largest absolute Gasteiger partial charge is 0.463 e. The van der Waals surface area contributed by atoms with Crippen molar-refractivity contribution < 1.29 is 9.47 Å². The zero-order valence-electron chi connectivity index (χ0n) is 14.9. The van der Waals surface area contributed by atoms with Crippen molar-refractivity contribution in [3.8, 4) is 11.5 Å². The lowest BCUT2D eigenvalue weighted by Crippen LogP contribution is -2.00. The molecule has 6 nitrogen and oxygen atoms in total. The summed E-state index contributed by atoms with van der Waals surface area (Å²) in [4.78, 5) is 8.59. The summed E-state index contributed by atoms with van der Waals surface area (Å²) in [7, 11) is 0. The molecule has 0 amide bonds. The Hall–Kier alpha value is -4.06. The van der Waals surface area contributed by atoms with E-state index in [0.717, 1.165) is 11.4 Å². The van der Waals surface area contributed by atoms with Crippen LogP contribution < -0.4 is 20.1 Å². The van der Waals surface area contributed by atoms with Crippen molar-refractivity contribution in [2.24, 2.45) is 0 Å². The average molecular weight is 370 g/mol. The second-order valence-electron chi connectivity index (χ2n) is 5.81. The van der Waals surface area contributed by atoms with Gasteiger partial charge in [-0.05, 0) is 36.4 Å². The van der Waals surface area contributed by atoms with E-state index in [0.29, 0.717) is 23.1 Å². The Morgan fingerprint density at radius 2 is 1.11 bits per heavy atom. The molecule has 1 aliphatic heterocycles. The first-order chi connectivity index (χ1) is 13.9. The summed E-state index contributed by atoms with van der Waals surface area (Å²) in [5.41, 5.74) is 1.60. The second kappa shape index (κ2) is 8.55. The molecule has 2 N–H and O–H groups in total. The number of anilines is 4. The Morgan fingerprint density at radius 3 is 1.64 bits per heavy atom. The van der Waals surface area contributed by atoms with Gasteiger partial charge in [0.1, 0.15) is 29.5 Å². The first-order valence-corrected chi connectivity index (χ1v) is 8.74. The van der Waals surface area contributed by atoms with Crippen molar-refractivity contribution in [2.45, 2.75) is 0 Å². The standard InChI is InChI=1S/C22H18N4O2/c1-2-8-14-28-20-12-6-4-10-18(20)26-22-15-21(23-16-24-22)25-17-9-3-5-11-19(17)27-13-7-1/h1-16H,(H2,23,24,25,26)/b2-1?,13-7-,14-8?. The van der Waals surface area contributed by atoms with Gasteiger partial charge in [0.2, 0.25) is 0 Å². The van der Waals surface area contributed by atoms with Gasteiger partial charge in [0.05, 0.1) is 23.9 Å². The lowest BCUT2D eigenvalue weighted by Gasteiger charge is -2.12. The number of hydrogen-bond donors (Lipinski definition) is 2. The predicted molar refractivity (Wildman–Crippen MR) is 110 cm³/mol. The molecule has 138 valence electrons. The number of benzene rings is 2. The van der Waals surface area contributed by atoms with Gasteiger partial charge in [0, 0.05) is 6.07 Å². The molecule has 0 aliphatic carbocycles. The van der Waals surface area contributed by atoms with Gasteiger partial charge in [0.15, 0.2) is 0 Å². The number of para-hydroxylation sites is 4. The van der Waals surface area contributed by atoms with Crippen LogP contribution in [0.25, 0.3) is 0 Å². The number of fused-ring (bicyclic) bond motifs is 4. The van der Waals surface area contributed by atoms with E-state index in [1.807, 2.05) is 66.7 Å². The maximum absolute atomic E-state index is 5.73. The second-order valence-corrected chi connectivity index (χ2v) is 5.81. The molecule has 3 aromatic rings. The van der Waals surface area contributed by atoms with E-state index in [2.05, 4.69) is 20.6 Å². The highest BCUT2D eigenvalue weighted by Gasteiger charge is 2.07. The molecule has 0 saturated heterocycles. The van der Waals surface area contributed by atoms with Crippen LogP contribution in [-0.2, 0) is 0 Å². The summed E-state index contributed by atoms with van der Waals surface area (Å²) in [6.45, 7) is 0. The highest BCUT2D eigenvalue weighted by molar-refractivity contribution is 5.69. The molecule has 1 aliphatic rings. The molecule has 6 heteroatoms. The Bertz CT molecular complexity index is 965. The number of aromatic nitrogens is 2. The van der Waals surface area contributed by atoms with Crippen LogP contribution in [0.2, 0.25) is 0 Å². The van der Waals surface area contributed by atoms with Gasteiger partial charge in [-0.3, -0.25) is 0 Å². The van der Waals surface area contributed by atoms with Gasteiger partial charge in [-0.2, -0.15) is 0 Å². The van der Waals surface area contributed by atoms with E-state index in [9.17, 15) is 0 Å². The van der Waals surface area contributed by atoms with Crippen LogP contribution in [0.4, 0.5) is 23.0 Å². The zero-order valence-corrected chi connectivity index (χ0v) is 14.9. The SMILES string of the molecule is C1=C/C=C\Oc2ccccc2Nc2cc(ncn2)Nc2ccccc2OC=C1. The molecule has 0 spiro atoms. The van der Waals surface area contributed by atoms with E-state index < -0.39 is 0 Å². The van der Waals surface area contributed by atoms with E-state index in [-0.39, 0.29) is 0 Å². The summed E-state index contributed by atoms with van der Waals surface area (Å²) >= 11 is 0. The highest BCUT2D eigenvalue weighted by atomic mass is 16.5. The van der Waals surface area contributed by atoms with Gasteiger partial charge in [-0.25, -0.2) is 9.97 Å². The third-order valence-corrected chi connectivity index (χ3v) is 3.85. The van der Waals surface area contributed by atoms with E-state index in [1.165, 1.54) is 6.33 Å². The van der Waals surface area contributed by atoms with Crippen LogP contribution in [0.5, 0.6) is 11.5 Å². The van der Waals surface area contributed by atoms with Crippen LogP contribution in [0.1, 0.15) is 0 Å². The molecule has 0 radical (unpaired) electrons. The fourth-order valence-corrected chi connectivity index (χ4v) is 2.56. The molecule has 2 aromatic carbocycles. The molecular formula is C22H18N4O2. The minimum absolute atomic E-state index is 0.639. The van der Waals surface area contributed by atoms with Crippen LogP contribution in [-0.4, -0.2) is 9.97 Å². The fourth-order valence-electron chi connectivity index (χ4n) is 2.56. The van der Waals surface area contributed by atoms with Gasteiger partial charge in [-0.15, -0.1) is 0 Å². The smallest absolute Gasteiger partial charge is 0.149 e. The molecule has 1 aromatic heterocycles. The zero-order chi connectivity index (χ0) is 19.0. The minimum atomic E-state index is 0.639. The number of allylic oxidation sites excluding steroid dienone is 4. The average Bonchev–Trinajstić information content (AvgIpc) is 2.72. The van der Waals surface area contributed by atoms with E-state index in [4.69, 9.17) is 9.47 Å². The van der Waals surface area contributed by atoms with Gasteiger partial charge >= 0.3 is 0 Å². The number of nitrogens with one attached hydrogen (secondary N) is 2. The third kappa shape index (κ3) is 4.37. The summed E-state index contributed by atoms with van der Waals surface area (Å²) in [6.07, 6.45) is 12.0. The molecule has 0 saturated carbocycles. The van der Waals surface area contributed by atoms with E-state index in [1.54, 1.807) is 24.7 Å². The summed E-state index contributed by atoms with van der Waals surface area (Å²) < 4.78 is 11.5. The van der Waals surface area contributed by atoms with Gasteiger partial charge in [-0.1, -0.05) is 36.4 Å². The van der Waals surface area contributed by atoms with E-state index >= 15 is 0 Å². The Labute approximate surface area is 162 Å². The van der Waals surface area contributed by atoms with Crippen LogP contribution in [0.15, 0.2) is 97.8 Å². The molecule has 0 unspecified atom stereocenters. The quantitative estimate of drug-likeness (QED) is 0.558. The summed E-state index contributed by atoms with van der Waals surface area (Å²) in [6, 6.07) is 17.1. The van der Waals surface area contributed by atoms with Crippen molar-refractivity contribution in [3.05, 3.63) is 97.8 Å².